The van der Waals surface area contributed by atoms with Crippen molar-refractivity contribution in [3.05, 3.63) is 66.4 Å². The van der Waals surface area contributed by atoms with Gasteiger partial charge < -0.3 is 9.47 Å². The van der Waals surface area contributed by atoms with Gasteiger partial charge in [-0.2, -0.15) is 14.8 Å². The van der Waals surface area contributed by atoms with Crippen LogP contribution in [0.5, 0.6) is 11.5 Å². The Morgan fingerprint density at radius 3 is 2.33 bits per heavy atom. The summed E-state index contributed by atoms with van der Waals surface area (Å²) in [5, 5.41) is 19.2. The molecule has 0 radical (unpaired) electrons. The van der Waals surface area contributed by atoms with Crippen molar-refractivity contribution in [1.82, 2.24) is 24.9 Å². The topological polar surface area (TPSA) is 122 Å². The molecule has 0 unspecified atom stereocenters. The number of ether oxygens (including phenoxy) is 2. The summed E-state index contributed by atoms with van der Waals surface area (Å²) in [6, 6.07) is 16.8. The van der Waals surface area contributed by atoms with Gasteiger partial charge in [-0.25, -0.2) is 9.98 Å². The second-order valence-electron chi connectivity index (χ2n) is 6.99. The fourth-order valence-corrected chi connectivity index (χ4v) is 3.23. The number of nitrogens with one attached hydrogen (secondary N) is 2. The van der Waals surface area contributed by atoms with Crippen LogP contribution in [-0.2, 0) is 0 Å². The average Bonchev–Trinajstić information content (AvgIpc) is 3.26. The van der Waals surface area contributed by atoms with Crippen molar-refractivity contribution in [3.63, 3.8) is 0 Å². The molecule has 1 atom stereocenters. The zero-order valence-electron chi connectivity index (χ0n) is 18.4. The lowest BCUT2D eigenvalue weighted by molar-refractivity contribution is 0.414. The molecular formula is C23H22N8O2. The molecule has 0 spiro atoms. The summed E-state index contributed by atoms with van der Waals surface area (Å²) in [4.78, 5) is 13.3. The lowest BCUT2D eigenvalue weighted by atomic mass is 10.1. The van der Waals surface area contributed by atoms with Gasteiger partial charge in [0.05, 0.1) is 26.0 Å². The molecule has 33 heavy (non-hydrogen) atoms. The maximum absolute atomic E-state index is 9.17. The minimum atomic E-state index is -0.232. The van der Waals surface area contributed by atoms with E-state index < -0.39 is 0 Å². The standard InChI is InChI=1S/C23H22N8O2/c1-15(16-4-8-18(32-2)9-5-16)27-21(26-14-24)28-22-29-23-25-13-12-20(31(23)30-22)17-6-10-19(33-3)11-7-17/h4-13,15H,1-3H3,(H2,26,27,28,30)/t15-/m0/s1. The maximum atomic E-state index is 9.17. The molecule has 0 saturated carbocycles. The van der Waals surface area contributed by atoms with Gasteiger partial charge in [0.15, 0.2) is 6.19 Å². The van der Waals surface area contributed by atoms with Crippen molar-refractivity contribution in [2.24, 2.45) is 4.99 Å². The molecule has 0 aliphatic heterocycles. The molecule has 0 aliphatic carbocycles. The second kappa shape index (κ2) is 9.65. The van der Waals surface area contributed by atoms with E-state index in [0.29, 0.717) is 5.78 Å². The number of hydrogen-bond acceptors (Lipinski definition) is 7. The zero-order chi connectivity index (χ0) is 23.2. The first kappa shape index (κ1) is 21.6. The summed E-state index contributed by atoms with van der Waals surface area (Å²) < 4.78 is 12.0. The van der Waals surface area contributed by atoms with Gasteiger partial charge in [0.25, 0.3) is 11.7 Å². The van der Waals surface area contributed by atoms with Crippen LogP contribution in [0.15, 0.2) is 65.8 Å². The fraction of sp³-hybridized carbons (Fsp3) is 0.174. The van der Waals surface area contributed by atoms with E-state index in [4.69, 9.17) is 9.47 Å². The van der Waals surface area contributed by atoms with E-state index >= 15 is 0 Å². The highest BCUT2D eigenvalue weighted by molar-refractivity contribution is 5.93. The smallest absolute Gasteiger partial charge is 0.254 e. The molecular weight excluding hydrogens is 420 g/mol. The van der Waals surface area contributed by atoms with Crippen LogP contribution in [-0.4, -0.2) is 39.8 Å². The largest absolute Gasteiger partial charge is 0.497 e. The molecule has 2 heterocycles. The van der Waals surface area contributed by atoms with Crippen LogP contribution < -0.4 is 20.1 Å². The highest BCUT2D eigenvalue weighted by Gasteiger charge is 2.13. The molecule has 10 heteroatoms. The molecule has 0 saturated heterocycles. The summed E-state index contributed by atoms with van der Waals surface area (Å²) in [6.07, 6.45) is 3.56. The third-order valence-electron chi connectivity index (χ3n) is 4.95. The van der Waals surface area contributed by atoms with Crippen LogP contribution in [0.4, 0.5) is 5.95 Å². The van der Waals surface area contributed by atoms with E-state index in [1.807, 2.05) is 67.7 Å². The van der Waals surface area contributed by atoms with E-state index in [1.54, 1.807) is 24.9 Å². The number of guanidine groups is 1. The fourth-order valence-electron chi connectivity index (χ4n) is 3.23. The molecule has 0 fully saturated rings. The Labute approximate surface area is 190 Å². The van der Waals surface area contributed by atoms with Gasteiger partial charge in [0, 0.05) is 11.8 Å². The summed E-state index contributed by atoms with van der Waals surface area (Å²) >= 11 is 0. The van der Waals surface area contributed by atoms with Crippen LogP contribution in [0.1, 0.15) is 18.5 Å². The molecule has 10 nitrogen and oxygen atoms in total. The molecule has 2 N–H and O–H groups in total. The quantitative estimate of drug-likeness (QED) is 0.202. The first-order valence-corrected chi connectivity index (χ1v) is 10.1. The van der Waals surface area contributed by atoms with Crippen molar-refractivity contribution < 1.29 is 9.47 Å². The SMILES string of the molecule is COc1ccc(-c2ccnc3nc(NC(=N[C@@H](C)c4ccc(OC)cc4)NC#N)nn23)cc1. The van der Waals surface area contributed by atoms with Crippen molar-refractivity contribution in [2.75, 3.05) is 19.5 Å². The van der Waals surface area contributed by atoms with Gasteiger partial charge in [-0.1, -0.05) is 12.1 Å². The van der Waals surface area contributed by atoms with E-state index in [0.717, 1.165) is 28.3 Å². The third-order valence-corrected chi connectivity index (χ3v) is 4.95. The Hall–Kier alpha value is -4.65. The predicted octanol–water partition coefficient (Wildman–Crippen LogP) is 3.41. The Morgan fingerprint density at radius 1 is 1.03 bits per heavy atom. The summed E-state index contributed by atoms with van der Waals surface area (Å²) in [5.41, 5.74) is 2.69. The zero-order valence-corrected chi connectivity index (χ0v) is 18.4. The summed E-state index contributed by atoms with van der Waals surface area (Å²) in [6.45, 7) is 1.92. The third kappa shape index (κ3) is 4.83. The molecule has 0 bridgehead atoms. The average molecular weight is 442 g/mol. The van der Waals surface area contributed by atoms with Crippen LogP contribution >= 0.6 is 0 Å². The van der Waals surface area contributed by atoms with E-state index in [9.17, 15) is 5.26 Å². The minimum absolute atomic E-state index is 0.225. The predicted molar refractivity (Wildman–Crippen MR) is 124 cm³/mol. The molecule has 2 aromatic heterocycles. The van der Waals surface area contributed by atoms with Crippen LogP contribution in [0.2, 0.25) is 0 Å². The first-order valence-electron chi connectivity index (χ1n) is 10.1. The molecule has 4 rings (SSSR count). The number of anilines is 1. The van der Waals surface area contributed by atoms with E-state index in [-0.39, 0.29) is 17.9 Å². The molecule has 4 aromatic rings. The van der Waals surface area contributed by atoms with E-state index in [1.165, 1.54) is 0 Å². The molecule has 0 amide bonds. The number of benzene rings is 2. The summed E-state index contributed by atoms with van der Waals surface area (Å²) in [5.74, 6) is 2.41. The number of aliphatic imine (C=N–C) groups is 1. The number of methoxy groups -OCH3 is 2. The second-order valence-corrected chi connectivity index (χ2v) is 6.99. The molecule has 0 aliphatic rings. The highest BCUT2D eigenvalue weighted by atomic mass is 16.5. The van der Waals surface area contributed by atoms with Gasteiger partial charge in [-0.05, 0) is 55.0 Å². The van der Waals surface area contributed by atoms with Crippen molar-refractivity contribution in [1.29, 1.82) is 5.26 Å². The van der Waals surface area contributed by atoms with Gasteiger partial charge in [0.2, 0.25) is 5.96 Å². The Kier molecular flexibility index (Phi) is 6.31. The van der Waals surface area contributed by atoms with Crippen LogP contribution in [0.25, 0.3) is 17.0 Å². The lowest BCUT2D eigenvalue weighted by Gasteiger charge is -2.11. The lowest BCUT2D eigenvalue weighted by Crippen LogP contribution is -2.28. The van der Waals surface area contributed by atoms with Crippen molar-refractivity contribution in [2.45, 2.75) is 13.0 Å². The molecule has 166 valence electrons. The van der Waals surface area contributed by atoms with Crippen molar-refractivity contribution in [3.8, 4) is 28.9 Å². The first-order chi connectivity index (χ1) is 16.1. The Balaban J connectivity index is 1.61. The molecule has 2 aromatic carbocycles. The number of rotatable bonds is 6. The number of nitriles is 1. The van der Waals surface area contributed by atoms with Gasteiger partial charge in [-0.3, -0.25) is 10.6 Å². The van der Waals surface area contributed by atoms with Crippen molar-refractivity contribution >= 4 is 17.7 Å². The van der Waals surface area contributed by atoms with Gasteiger partial charge in [-0.15, -0.1) is 5.10 Å². The number of nitrogens with zero attached hydrogens (tertiary/aromatic N) is 6. The normalized spacial score (nSPS) is 12.1. The van der Waals surface area contributed by atoms with E-state index in [2.05, 4.69) is 30.7 Å². The van der Waals surface area contributed by atoms with Crippen LogP contribution in [0.3, 0.4) is 0 Å². The van der Waals surface area contributed by atoms with Gasteiger partial charge >= 0.3 is 0 Å². The summed E-state index contributed by atoms with van der Waals surface area (Å²) in [7, 11) is 3.24. The van der Waals surface area contributed by atoms with Crippen LogP contribution in [0, 0.1) is 11.5 Å². The number of hydrogen-bond donors (Lipinski definition) is 2. The monoisotopic (exact) mass is 442 g/mol. The Morgan fingerprint density at radius 2 is 1.70 bits per heavy atom. The number of fused-ring (bicyclic) bond motifs is 1. The highest BCUT2D eigenvalue weighted by Crippen LogP contribution is 2.23. The maximum Gasteiger partial charge on any atom is 0.254 e. The minimum Gasteiger partial charge on any atom is -0.497 e. The van der Waals surface area contributed by atoms with Gasteiger partial charge in [0.1, 0.15) is 11.5 Å². The Bertz CT molecular complexity index is 1310. The number of aromatic nitrogens is 4.